The molecule has 0 aromatic heterocycles. The Morgan fingerprint density at radius 2 is 1.52 bits per heavy atom. The molecule has 1 aliphatic heterocycles. The molecule has 0 fully saturated rings. The van der Waals surface area contributed by atoms with Crippen molar-refractivity contribution in [2.75, 3.05) is 20.8 Å². The summed E-state index contributed by atoms with van der Waals surface area (Å²) in [5.74, 6) is -1.15. The summed E-state index contributed by atoms with van der Waals surface area (Å²) < 4.78 is 56.0. The quantitative estimate of drug-likeness (QED) is 0.556. The molecule has 0 saturated heterocycles. The van der Waals surface area contributed by atoms with Gasteiger partial charge in [0.1, 0.15) is 12.4 Å². The van der Waals surface area contributed by atoms with Crippen LogP contribution in [0.5, 0.6) is 11.5 Å². The van der Waals surface area contributed by atoms with E-state index in [9.17, 15) is 13.2 Å². The van der Waals surface area contributed by atoms with E-state index in [1.54, 1.807) is 31.4 Å². The van der Waals surface area contributed by atoms with Crippen LogP contribution in [0.25, 0.3) is 0 Å². The fourth-order valence-electron chi connectivity index (χ4n) is 3.88. The van der Waals surface area contributed by atoms with Crippen molar-refractivity contribution in [2.24, 2.45) is 0 Å². The predicted molar refractivity (Wildman–Crippen MR) is 108 cm³/mol. The fraction of sp³-hybridized carbons (Fsp3) is 0.208. The lowest BCUT2D eigenvalue weighted by Gasteiger charge is -2.21. The summed E-state index contributed by atoms with van der Waals surface area (Å²) >= 11 is 0. The third-order valence-electron chi connectivity index (χ3n) is 5.36. The van der Waals surface area contributed by atoms with Crippen molar-refractivity contribution in [2.45, 2.75) is 13.0 Å². The normalized spacial score (nSPS) is 12.8. The van der Waals surface area contributed by atoms with Gasteiger partial charge in [0.2, 0.25) is 5.71 Å². The Bertz CT molecular complexity index is 1150. The first-order valence-corrected chi connectivity index (χ1v) is 9.58. The zero-order chi connectivity index (χ0) is 21.3. The SMILES string of the molecule is COc1cc2c(cc1OC)C(c1cccc(F)c1F)=[N+](Cc1ccccc1F)CC2.[Cl-]. The first-order valence-electron chi connectivity index (χ1n) is 9.58. The molecule has 1 aliphatic rings. The predicted octanol–water partition coefficient (Wildman–Crippen LogP) is 1.73. The number of benzene rings is 3. The molecule has 0 bridgehead atoms. The van der Waals surface area contributed by atoms with Crippen LogP contribution in [0, 0.1) is 17.5 Å². The molecule has 31 heavy (non-hydrogen) atoms. The lowest BCUT2D eigenvalue weighted by molar-refractivity contribution is -0.544. The van der Waals surface area contributed by atoms with E-state index in [1.807, 2.05) is 10.6 Å². The highest BCUT2D eigenvalue weighted by molar-refractivity contribution is 6.11. The number of ether oxygens (including phenoxy) is 2. The van der Waals surface area contributed by atoms with Gasteiger partial charge in [0.15, 0.2) is 29.7 Å². The summed E-state index contributed by atoms with van der Waals surface area (Å²) in [6.07, 6.45) is 0.643. The molecule has 7 heteroatoms. The minimum atomic E-state index is -0.936. The van der Waals surface area contributed by atoms with Gasteiger partial charge < -0.3 is 21.9 Å². The van der Waals surface area contributed by atoms with Gasteiger partial charge in [0.05, 0.1) is 30.9 Å². The molecule has 4 rings (SSSR count). The van der Waals surface area contributed by atoms with Gasteiger partial charge in [-0.3, -0.25) is 0 Å². The van der Waals surface area contributed by atoms with Crippen LogP contribution in [0.1, 0.15) is 22.3 Å². The smallest absolute Gasteiger partial charge is 0.218 e. The van der Waals surface area contributed by atoms with Crippen molar-refractivity contribution in [1.29, 1.82) is 0 Å². The van der Waals surface area contributed by atoms with E-state index >= 15 is 0 Å². The van der Waals surface area contributed by atoms with Crippen molar-refractivity contribution >= 4 is 5.71 Å². The molecular formula is C24H21ClF3NO2. The Labute approximate surface area is 185 Å². The number of methoxy groups -OCH3 is 2. The van der Waals surface area contributed by atoms with Gasteiger partial charge in [0.25, 0.3) is 0 Å². The third kappa shape index (κ3) is 4.26. The van der Waals surface area contributed by atoms with Gasteiger partial charge in [-0.15, -0.1) is 0 Å². The molecule has 3 nitrogen and oxygen atoms in total. The maximum Gasteiger partial charge on any atom is 0.218 e. The second-order valence-corrected chi connectivity index (χ2v) is 7.08. The van der Waals surface area contributed by atoms with Crippen LogP contribution in [-0.2, 0) is 13.0 Å². The van der Waals surface area contributed by atoms with Gasteiger partial charge in [0, 0.05) is 6.42 Å². The second kappa shape index (κ2) is 9.43. The van der Waals surface area contributed by atoms with Crippen molar-refractivity contribution in [1.82, 2.24) is 0 Å². The number of hydrogen-bond acceptors (Lipinski definition) is 2. The highest BCUT2D eigenvalue weighted by atomic mass is 35.5. The van der Waals surface area contributed by atoms with Crippen LogP contribution in [0.3, 0.4) is 0 Å². The molecular weight excluding hydrogens is 427 g/mol. The fourth-order valence-corrected chi connectivity index (χ4v) is 3.88. The van der Waals surface area contributed by atoms with E-state index in [4.69, 9.17) is 9.47 Å². The molecule has 0 unspecified atom stereocenters. The molecule has 0 aliphatic carbocycles. The number of halogens is 4. The van der Waals surface area contributed by atoms with Gasteiger partial charge in [-0.1, -0.05) is 18.2 Å². The summed E-state index contributed by atoms with van der Waals surface area (Å²) in [6.45, 7) is 0.744. The number of nitrogens with zero attached hydrogens (tertiary/aromatic N) is 1. The third-order valence-corrected chi connectivity index (χ3v) is 5.36. The Hall–Kier alpha value is -2.99. The van der Waals surface area contributed by atoms with E-state index in [-0.39, 0.29) is 30.3 Å². The summed E-state index contributed by atoms with van der Waals surface area (Å²) in [5.41, 5.74) is 2.74. The molecule has 0 amide bonds. The van der Waals surface area contributed by atoms with Crippen molar-refractivity contribution in [3.05, 3.63) is 94.3 Å². The van der Waals surface area contributed by atoms with Crippen LogP contribution >= 0.6 is 0 Å². The first kappa shape index (κ1) is 22.7. The lowest BCUT2D eigenvalue weighted by atomic mass is 9.91. The van der Waals surface area contributed by atoms with Crippen molar-refractivity contribution in [3.8, 4) is 11.5 Å². The largest absolute Gasteiger partial charge is 1.00 e. The monoisotopic (exact) mass is 447 g/mol. The average molecular weight is 448 g/mol. The van der Waals surface area contributed by atoms with E-state index in [0.717, 1.165) is 11.6 Å². The minimum absolute atomic E-state index is 0. The summed E-state index contributed by atoms with van der Waals surface area (Å²) in [6, 6.07) is 14.2. The van der Waals surface area contributed by atoms with Gasteiger partial charge in [-0.25, -0.2) is 17.7 Å². The molecule has 0 radical (unpaired) electrons. The molecule has 0 spiro atoms. The molecule has 0 atom stereocenters. The summed E-state index contributed by atoms with van der Waals surface area (Å²) in [4.78, 5) is 0. The van der Waals surface area contributed by atoms with Crippen LogP contribution in [0.4, 0.5) is 13.2 Å². The van der Waals surface area contributed by atoms with E-state index in [2.05, 4.69) is 0 Å². The Balaban J connectivity index is 0.00000272. The molecule has 162 valence electrons. The highest BCUT2D eigenvalue weighted by Gasteiger charge is 2.32. The maximum atomic E-state index is 14.8. The van der Waals surface area contributed by atoms with E-state index < -0.39 is 11.6 Å². The first-order chi connectivity index (χ1) is 14.5. The van der Waals surface area contributed by atoms with Crippen molar-refractivity contribution in [3.63, 3.8) is 0 Å². The van der Waals surface area contributed by atoms with Gasteiger partial charge in [-0.05, 0) is 42.0 Å². The van der Waals surface area contributed by atoms with Crippen LogP contribution in [0.2, 0.25) is 0 Å². The van der Waals surface area contributed by atoms with Gasteiger partial charge >= 0.3 is 0 Å². The summed E-state index contributed by atoms with van der Waals surface area (Å²) in [5, 5.41) is 0. The Morgan fingerprint density at radius 3 is 2.23 bits per heavy atom. The standard InChI is InChI=1S/C24H21F3NO2.ClH/c1-29-21-12-15-10-11-28(14-16-6-3-4-8-19(16)25)24(18(15)13-22(21)30-2)17-7-5-9-20(26)23(17)27;/h3-9,12-13H,10-11,14H2,1-2H3;1H/q+1;/p-1. The molecule has 0 N–H and O–H groups in total. The topological polar surface area (TPSA) is 21.5 Å². The van der Waals surface area contributed by atoms with Crippen LogP contribution in [0.15, 0.2) is 54.6 Å². The maximum absolute atomic E-state index is 14.8. The van der Waals surface area contributed by atoms with Crippen LogP contribution in [-0.4, -0.2) is 31.1 Å². The Morgan fingerprint density at radius 1 is 0.839 bits per heavy atom. The average Bonchev–Trinajstić information content (AvgIpc) is 2.76. The zero-order valence-corrected chi connectivity index (χ0v) is 17.8. The van der Waals surface area contributed by atoms with Crippen LogP contribution < -0.4 is 21.9 Å². The zero-order valence-electron chi connectivity index (χ0n) is 17.1. The second-order valence-electron chi connectivity index (χ2n) is 7.08. The summed E-state index contributed by atoms with van der Waals surface area (Å²) in [7, 11) is 3.07. The number of hydrogen-bond donors (Lipinski definition) is 0. The minimum Gasteiger partial charge on any atom is -1.00 e. The number of rotatable bonds is 5. The lowest BCUT2D eigenvalue weighted by Crippen LogP contribution is -3.00. The molecule has 0 saturated carbocycles. The van der Waals surface area contributed by atoms with E-state index in [0.29, 0.717) is 41.3 Å². The Kier molecular flexibility index (Phi) is 6.91. The molecule has 3 aromatic carbocycles. The van der Waals surface area contributed by atoms with Crippen molar-refractivity contribution < 1.29 is 39.6 Å². The van der Waals surface area contributed by atoms with Gasteiger partial charge in [-0.2, -0.15) is 0 Å². The highest BCUT2D eigenvalue weighted by Crippen LogP contribution is 2.34. The number of fused-ring (bicyclic) bond motifs is 1. The van der Waals surface area contributed by atoms with E-state index in [1.165, 1.54) is 25.3 Å². The molecule has 1 heterocycles. The molecule has 3 aromatic rings.